The Morgan fingerprint density at radius 2 is 1.97 bits per heavy atom. The van der Waals surface area contributed by atoms with E-state index in [0.29, 0.717) is 11.8 Å². The Morgan fingerprint density at radius 3 is 2.59 bits per heavy atom. The van der Waals surface area contributed by atoms with Crippen LogP contribution in [0.3, 0.4) is 0 Å². The zero-order valence-electron chi connectivity index (χ0n) is 18.6. The second-order valence-corrected chi connectivity index (χ2v) is 12.1. The second-order valence-electron chi connectivity index (χ2n) is 8.07. The SMILES string of the molecule is COCn1nc(COS(C)(=O)=O)cc1C1CC(C)(S(=O)(=O)c2cccc(C(F)(F)F)n2)CCO1. The van der Waals surface area contributed by atoms with Gasteiger partial charge in [-0.1, -0.05) is 6.07 Å². The summed E-state index contributed by atoms with van der Waals surface area (Å²) in [6.07, 6.45) is -4.78. The van der Waals surface area contributed by atoms with E-state index in [0.717, 1.165) is 18.4 Å². The summed E-state index contributed by atoms with van der Waals surface area (Å²) in [5, 5.41) is 3.55. The number of nitrogens with zero attached hydrogens (tertiary/aromatic N) is 3. The topological polar surface area (TPSA) is 127 Å². The standard InChI is InChI=1S/C19H24F3N3O7S2/c1-18(34(28,29)17-6-4-5-16(23-17)19(20,21)22)7-8-31-15(10-18)14-9-13(11-32-33(3,26)27)24-25(14)12-30-2/h4-6,9,15H,7-8,10-12H2,1-3H3. The van der Waals surface area contributed by atoms with Crippen molar-refractivity contribution in [2.24, 2.45) is 0 Å². The molecule has 0 aliphatic carbocycles. The molecule has 15 heteroatoms. The van der Waals surface area contributed by atoms with Gasteiger partial charge in [-0.25, -0.2) is 18.1 Å². The van der Waals surface area contributed by atoms with Gasteiger partial charge in [-0.15, -0.1) is 0 Å². The highest BCUT2D eigenvalue weighted by atomic mass is 32.2. The Morgan fingerprint density at radius 1 is 1.26 bits per heavy atom. The number of hydrogen-bond donors (Lipinski definition) is 0. The highest BCUT2D eigenvalue weighted by molar-refractivity contribution is 7.92. The van der Waals surface area contributed by atoms with Crippen LogP contribution >= 0.6 is 0 Å². The molecule has 3 rings (SSSR count). The largest absolute Gasteiger partial charge is 0.433 e. The maximum atomic E-state index is 13.4. The lowest BCUT2D eigenvalue weighted by Crippen LogP contribution is -2.43. The fourth-order valence-electron chi connectivity index (χ4n) is 3.59. The van der Waals surface area contributed by atoms with Crippen LogP contribution in [0.15, 0.2) is 29.3 Å². The van der Waals surface area contributed by atoms with Crippen LogP contribution in [0.2, 0.25) is 0 Å². The lowest BCUT2D eigenvalue weighted by atomic mass is 9.94. The van der Waals surface area contributed by atoms with Crippen molar-refractivity contribution in [2.45, 2.75) is 55.2 Å². The summed E-state index contributed by atoms with van der Waals surface area (Å²) < 4.78 is 104. The average molecular weight is 528 g/mol. The van der Waals surface area contributed by atoms with Gasteiger partial charge in [0, 0.05) is 13.7 Å². The highest BCUT2D eigenvalue weighted by Gasteiger charge is 2.47. The van der Waals surface area contributed by atoms with E-state index in [1.807, 2.05) is 0 Å². The van der Waals surface area contributed by atoms with E-state index in [9.17, 15) is 30.0 Å². The number of rotatable bonds is 8. The van der Waals surface area contributed by atoms with Crippen molar-refractivity contribution < 1.29 is 43.7 Å². The summed E-state index contributed by atoms with van der Waals surface area (Å²) in [4.78, 5) is 3.37. The molecule has 1 aliphatic heterocycles. The molecule has 0 radical (unpaired) electrons. The molecule has 2 unspecified atom stereocenters. The summed E-state index contributed by atoms with van der Waals surface area (Å²) in [6, 6.07) is 4.26. The van der Waals surface area contributed by atoms with Gasteiger partial charge in [0.25, 0.3) is 10.1 Å². The lowest BCUT2D eigenvalue weighted by molar-refractivity contribution is -0.141. The summed E-state index contributed by atoms with van der Waals surface area (Å²) in [6.45, 7) is 1.06. The fourth-order valence-corrected chi connectivity index (χ4v) is 5.63. The molecular weight excluding hydrogens is 503 g/mol. The normalized spacial score (nSPS) is 22.1. The van der Waals surface area contributed by atoms with E-state index >= 15 is 0 Å². The van der Waals surface area contributed by atoms with Crippen LogP contribution in [0.4, 0.5) is 13.2 Å². The molecule has 1 aliphatic rings. The molecule has 2 atom stereocenters. The van der Waals surface area contributed by atoms with Gasteiger partial charge in [-0.2, -0.15) is 26.7 Å². The number of sulfone groups is 1. The van der Waals surface area contributed by atoms with E-state index in [1.165, 1.54) is 24.8 Å². The quantitative estimate of drug-likeness (QED) is 0.476. The zero-order valence-corrected chi connectivity index (χ0v) is 20.2. The van der Waals surface area contributed by atoms with Gasteiger partial charge >= 0.3 is 6.18 Å². The molecule has 2 aromatic heterocycles. The van der Waals surface area contributed by atoms with E-state index < -0.39 is 47.7 Å². The minimum Gasteiger partial charge on any atom is -0.372 e. The minimum absolute atomic E-state index is 0.00664. The van der Waals surface area contributed by atoms with Gasteiger partial charge < -0.3 is 9.47 Å². The van der Waals surface area contributed by atoms with Gasteiger partial charge in [0.2, 0.25) is 9.84 Å². The van der Waals surface area contributed by atoms with Crippen LogP contribution in [0.5, 0.6) is 0 Å². The number of methoxy groups -OCH3 is 1. The average Bonchev–Trinajstić information content (AvgIpc) is 3.14. The molecule has 0 amide bonds. The Hall–Kier alpha value is -2.07. The third-order valence-corrected chi connectivity index (χ3v) is 8.36. The molecule has 0 N–H and O–H groups in total. The molecule has 2 aromatic rings. The van der Waals surface area contributed by atoms with Gasteiger partial charge in [0.05, 0.1) is 22.4 Å². The molecule has 3 heterocycles. The van der Waals surface area contributed by atoms with Crippen molar-refractivity contribution in [1.29, 1.82) is 0 Å². The van der Waals surface area contributed by atoms with Crippen LogP contribution < -0.4 is 0 Å². The van der Waals surface area contributed by atoms with Crippen molar-refractivity contribution in [3.05, 3.63) is 41.3 Å². The Balaban J connectivity index is 1.93. The van der Waals surface area contributed by atoms with Crippen LogP contribution in [0.25, 0.3) is 0 Å². The Kier molecular flexibility index (Phi) is 7.43. The second kappa shape index (κ2) is 9.53. The first-order valence-electron chi connectivity index (χ1n) is 9.97. The molecule has 0 aromatic carbocycles. The van der Waals surface area contributed by atoms with Gasteiger partial charge in [0.15, 0.2) is 5.03 Å². The van der Waals surface area contributed by atoms with E-state index in [2.05, 4.69) is 10.1 Å². The first-order valence-corrected chi connectivity index (χ1v) is 13.3. The number of alkyl halides is 3. The van der Waals surface area contributed by atoms with Crippen molar-refractivity contribution in [1.82, 2.24) is 14.8 Å². The molecule has 34 heavy (non-hydrogen) atoms. The number of ether oxygens (including phenoxy) is 2. The van der Waals surface area contributed by atoms with Crippen LogP contribution in [0.1, 0.15) is 43.0 Å². The number of pyridine rings is 1. The molecule has 1 fully saturated rings. The molecule has 0 bridgehead atoms. The predicted molar refractivity (Wildman–Crippen MR) is 112 cm³/mol. The number of halogens is 3. The lowest BCUT2D eigenvalue weighted by Gasteiger charge is -2.37. The Labute approximate surface area is 195 Å². The monoisotopic (exact) mass is 527 g/mol. The van der Waals surface area contributed by atoms with Crippen LogP contribution in [-0.2, 0) is 53.1 Å². The minimum atomic E-state index is -4.79. The fraction of sp³-hybridized carbons (Fsp3) is 0.579. The first-order chi connectivity index (χ1) is 15.7. The molecule has 1 saturated heterocycles. The summed E-state index contributed by atoms with van der Waals surface area (Å²) >= 11 is 0. The zero-order chi connectivity index (χ0) is 25.4. The first kappa shape index (κ1) is 26.5. The van der Waals surface area contributed by atoms with Crippen molar-refractivity contribution in [3.8, 4) is 0 Å². The predicted octanol–water partition coefficient (Wildman–Crippen LogP) is 2.46. The smallest absolute Gasteiger partial charge is 0.372 e. The molecule has 0 saturated carbocycles. The third kappa shape index (κ3) is 5.76. The van der Waals surface area contributed by atoms with Crippen LogP contribution in [-0.4, -0.2) is 56.3 Å². The molecule has 0 spiro atoms. The van der Waals surface area contributed by atoms with Crippen molar-refractivity contribution >= 4 is 20.0 Å². The van der Waals surface area contributed by atoms with Gasteiger partial charge in [-0.3, -0.25) is 4.18 Å². The molecular formula is C19H24F3N3O7S2. The summed E-state index contributed by atoms with van der Waals surface area (Å²) in [7, 11) is -6.60. The highest BCUT2D eigenvalue weighted by Crippen LogP contribution is 2.42. The molecule has 190 valence electrons. The van der Waals surface area contributed by atoms with Crippen LogP contribution in [0, 0.1) is 0 Å². The summed E-state index contributed by atoms with van der Waals surface area (Å²) in [5.41, 5.74) is -0.641. The van der Waals surface area contributed by atoms with E-state index in [4.69, 9.17) is 13.7 Å². The maximum Gasteiger partial charge on any atom is 0.433 e. The number of hydrogen-bond acceptors (Lipinski definition) is 9. The Bertz CT molecular complexity index is 1250. The molecule has 10 nitrogen and oxygen atoms in total. The van der Waals surface area contributed by atoms with Crippen molar-refractivity contribution in [3.63, 3.8) is 0 Å². The van der Waals surface area contributed by atoms with Crippen molar-refractivity contribution in [2.75, 3.05) is 20.0 Å². The number of aromatic nitrogens is 3. The van der Waals surface area contributed by atoms with Gasteiger partial charge in [-0.05, 0) is 38.0 Å². The van der Waals surface area contributed by atoms with Gasteiger partial charge in [0.1, 0.15) is 25.1 Å². The third-order valence-electron chi connectivity index (χ3n) is 5.37. The summed E-state index contributed by atoms with van der Waals surface area (Å²) in [5.74, 6) is 0. The van der Waals surface area contributed by atoms with E-state index in [1.54, 1.807) is 0 Å². The van der Waals surface area contributed by atoms with E-state index in [-0.39, 0.29) is 38.5 Å². The maximum absolute atomic E-state index is 13.4.